The number of aliphatic hydroxyl groups excluding tert-OH is 1. The van der Waals surface area contributed by atoms with E-state index in [4.69, 9.17) is 4.74 Å². The van der Waals surface area contributed by atoms with E-state index in [9.17, 15) is 27.5 Å². The molecule has 3 heterocycles. The highest BCUT2D eigenvalue weighted by atomic mass is 19.1. The number of alkyl halides is 1. The van der Waals surface area contributed by atoms with Crippen molar-refractivity contribution in [3.63, 3.8) is 0 Å². The molecule has 1 aromatic heterocycles. The smallest absolute Gasteiger partial charge is 0.274 e. The molecule has 0 bridgehead atoms. The topological polar surface area (TPSA) is 83.8 Å². The van der Waals surface area contributed by atoms with Crippen molar-refractivity contribution < 1.29 is 32.2 Å². The summed E-state index contributed by atoms with van der Waals surface area (Å²) in [5, 5.41) is 12.6. The van der Waals surface area contributed by atoms with Gasteiger partial charge in [0, 0.05) is 25.0 Å². The van der Waals surface area contributed by atoms with Gasteiger partial charge in [-0.1, -0.05) is 12.1 Å². The van der Waals surface area contributed by atoms with Crippen LogP contribution in [0.25, 0.3) is 11.3 Å². The highest BCUT2D eigenvalue weighted by Crippen LogP contribution is 2.29. The summed E-state index contributed by atoms with van der Waals surface area (Å²) in [6.45, 7) is -0.727. The highest BCUT2D eigenvalue weighted by molar-refractivity contribution is 5.98. The van der Waals surface area contributed by atoms with Gasteiger partial charge in [-0.2, -0.15) is 0 Å². The molecule has 2 aromatic rings. The molecule has 10 heteroatoms. The lowest BCUT2D eigenvalue weighted by atomic mass is 9.91. The van der Waals surface area contributed by atoms with Crippen LogP contribution in [-0.4, -0.2) is 47.2 Å². The van der Waals surface area contributed by atoms with E-state index in [1.165, 1.54) is 12.4 Å². The third kappa shape index (κ3) is 5.23. The quantitative estimate of drug-likeness (QED) is 0.644. The van der Waals surface area contributed by atoms with Crippen LogP contribution >= 0.6 is 0 Å². The first kappa shape index (κ1) is 23.8. The molecule has 1 saturated heterocycles. The number of pyridine rings is 1. The predicted octanol–water partition coefficient (Wildman–Crippen LogP) is 3.87. The summed E-state index contributed by atoms with van der Waals surface area (Å²) in [5.74, 6) is -4.21. The van der Waals surface area contributed by atoms with Gasteiger partial charge in [-0.25, -0.2) is 22.5 Å². The fourth-order valence-electron chi connectivity index (χ4n) is 3.92. The van der Waals surface area contributed by atoms with Crippen molar-refractivity contribution in [2.45, 2.75) is 31.2 Å². The maximum absolute atomic E-state index is 14.3. The zero-order valence-electron chi connectivity index (χ0n) is 17.8. The zero-order chi connectivity index (χ0) is 24.2. The minimum Gasteiger partial charge on any atom is -0.393 e. The monoisotopic (exact) mass is 475 g/mol. The zero-order valence-corrected chi connectivity index (χ0v) is 17.8. The molecule has 0 saturated carbocycles. The maximum Gasteiger partial charge on any atom is 0.274 e. The molecular weight excluding hydrogens is 454 g/mol. The van der Waals surface area contributed by atoms with Gasteiger partial charge >= 0.3 is 0 Å². The average Bonchev–Trinajstić information content (AvgIpc) is 3.05. The summed E-state index contributed by atoms with van der Waals surface area (Å²) in [5.41, 5.74) is -1.33. The van der Waals surface area contributed by atoms with Gasteiger partial charge in [0.25, 0.3) is 5.91 Å². The molecule has 2 aliphatic heterocycles. The number of aromatic nitrogens is 1. The number of hydrogen-bond acceptors (Lipinski definition) is 5. The van der Waals surface area contributed by atoms with E-state index in [0.717, 1.165) is 30.3 Å². The average molecular weight is 475 g/mol. The van der Waals surface area contributed by atoms with E-state index >= 15 is 0 Å². The summed E-state index contributed by atoms with van der Waals surface area (Å²) in [7, 11) is 0. The van der Waals surface area contributed by atoms with E-state index < -0.39 is 65.5 Å². The second-order valence-electron chi connectivity index (χ2n) is 7.97. The molecular formula is C24H21F4N3O3. The van der Waals surface area contributed by atoms with Crippen LogP contribution in [0.4, 0.5) is 17.6 Å². The van der Waals surface area contributed by atoms with E-state index in [1.807, 2.05) is 0 Å². The molecule has 4 atom stereocenters. The minimum absolute atomic E-state index is 0.203. The van der Waals surface area contributed by atoms with Crippen molar-refractivity contribution in [1.29, 1.82) is 0 Å². The Kier molecular flexibility index (Phi) is 7.18. The van der Waals surface area contributed by atoms with Gasteiger partial charge in [-0.15, -0.1) is 0 Å². The lowest BCUT2D eigenvalue weighted by Crippen LogP contribution is -2.40. The minimum atomic E-state index is -1.02. The number of carbonyl (C=O) groups excluding carboxylic acids is 1. The van der Waals surface area contributed by atoms with Gasteiger partial charge < -0.3 is 15.2 Å². The van der Waals surface area contributed by atoms with Gasteiger partial charge in [0.2, 0.25) is 0 Å². The first-order chi connectivity index (χ1) is 16.4. The Labute approximate surface area is 192 Å². The number of nitrogens with one attached hydrogen (secondary N) is 1. The van der Waals surface area contributed by atoms with Gasteiger partial charge in [0.05, 0.1) is 35.8 Å². The second-order valence-corrected chi connectivity index (χ2v) is 7.97. The Balaban J connectivity index is 1.56. The van der Waals surface area contributed by atoms with Gasteiger partial charge in [0.15, 0.2) is 0 Å². The fourth-order valence-corrected chi connectivity index (χ4v) is 3.92. The van der Waals surface area contributed by atoms with E-state index in [-0.39, 0.29) is 24.2 Å². The standard InChI is InChI=1S/C24H21F4N3O3/c25-11-16-9-15(32)10-21(34-16)13-6-7-29-12-14(8-13)30-24(33)20-5-4-19(28)23(31-20)22-17(26)2-1-3-18(22)27/h1-8,12-13,15-16,21,32H,9-11H2,(H,30,33)/t13?,15-,16-,21+/m0/s1. The second kappa shape index (κ2) is 10.3. The van der Waals surface area contributed by atoms with Crippen LogP contribution in [0.5, 0.6) is 0 Å². The SMILES string of the molecule is O=C(NC1=CC([C@H]2C[C@@H](O)C[C@@H](CF)O2)C=CN=C1)c1ccc(F)c(-c2c(F)cccc2F)n1. The summed E-state index contributed by atoms with van der Waals surface area (Å²) < 4.78 is 61.4. The van der Waals surface area contributed by atoms with Crippen LogP contribution in [0.1, 0.15) is 23.3 Å². The third-order valence-corrected chi connectivity index (χ3v) is 5.52. The fraction of sp³-hybridized carbons (Fsp3) is 0.292. The molecule has 0 radical (unpaired) electrons. The first-order valence-electron chi connectivity index (χ1n) is 10.6. The Hall–Kier alpha value is -3.37. The van der Waals surface area contributed by atoms with Gasteiger partial charge in [-0.3, -0.25) is 9.79 Å². The summed E-state index contributed by atoms with van der Waals surface area (Å²) in [6, 6.07) is 5.05. The maximum atomic E-state index is 14.3. The number of ether oxygens (including phenoxy) is 1. The van der Waals surface area contributed by atoms with Gasteiger partial charge in [0.1, 0.15) is 35.5 Å². The molecule has 2 aliphatic rings. The normalized spacial score (nSPS) is 24.4. The lowest BCUT2D eigenvalue weighted by molar-refractivity contribution is -0.110. The number of carbonyl (C=O) groups is 1. The van der Waals surface area contributed by atoms with Crippen LogP contribution in [0, 0.1) is 23.4 Å². The number of rotatable bonds is 5. The number of hydrogen-bond donors (Lipinski definition) is 2. The van der Waals surface area contributed by atoms with Crippen LogP contribution in [0.3, 0.4) is 0 Å². The van der Waals surface area contributed by atoms with Crippen LogP contribution in [-0.2, 0) is 4.74 Å². The van der Waals surface area contributed by atoms with Crippen molar-refractivity contribution in [2.24, 2.45) is 10.9 Å². The van der Waals surface area contributed by atoms with Crippen molar-refractivity contribution >= 4 is 12.1 Å². The van der Waals surface area contributed by atoms with Crippen LogP contribution in [0.2, 0.25) is 0 Å². The number of aliphatic hydroxyl groups is 1. The number of benzene rings is 1. The van der Waals surface area contributed by atoms with Crippen molar-refractivity contribution in [2.75, 3.05) is 6.67 Å². The Morgan fingerprint density at radius 2 is 1.88 bits per heavy atom. The molecule has 1 aromatic carbocycles. The summed E-state index contributed by atoms with van der Waals surface area (Å²) in [4.78, 5) is 20.7. The molecule has 1 amide bonds. The van der Waals surface area contributed by atoms with Crippen LogP contribution < -0.4 is 5.32 Å². The van der Waals surface area contributed by atoms with Crippen molar-refractivity contribution in [1.82, 2.24) is 10.3 Å². The molecule has 0 spiro atoms. The number of nitrogens with zero attached hydrogens (tertiary/aromatic N) is 2. The van der Waals surface area contributed by atoms with E-state index in [0.29, 0.717) is 0 Å². The Morgan fingerprint density at radius 3 is 2.62 bits per heavy atom. The first-order valence-corrected chi connectivity index (χ1v) is 10.6. The van der Waals surface area contributed by atoms with E-state index in [2.05, 4.69) is 15.3 Å². The van der Waals surface area contributed by atoms with Crippen molar-refractivity contribution in [3.05, 3.63) is 77.5 Å². The number of allylic oxidation sites excluding steroid dienone is 1. The molecule has 1 fully saturated rings. The van der Waals surface area contributed by atoms with Gasteiger partial charge in [-0.05, 0) is 30.3 Å². The molecule has 178 valence electrons. The molecule has 0 aliphatic carbocycles. The Bertz CT molecular complexity index is 1150. The lowest BCUT2D eigenvalue weighted by Gasteiger charge is -2.34. The number of halogens is 4. The number of amides is 1. The molecule has 4 rings (SSSR count). The predicted molar refractivity (Wildman–Crippen MR) is 116 cm³/mol. The molecule has 34 heavy (non-hydrogen) atoms. The largest absolute Gasteiger partial charge is 0.393 e. The summed E-state index contributed by atoms with van der Waals surface area (Å²) in [6.07, 6.45) is 4.68. The molecule has 6 nitrogen and oxygen atoms in total. The van der Waals surface area contributed by atoms with Crippen molar-refractivity contribution in [3.8, 4) is 11.3 Å². The summed E-state index contributed by atoms with van der Waals surface area (Å²) >= 11 is 0. The third-order valence-electron chi connectivity index (χ3n) is 5.52. The highest BCUT2D eigenvalue weighted by Gasteiger charge is 2.32. The molecule has 2 N–H and O–H groups in total. The van der Waals surface area contributed by atoms with E-state index in [1.54, 1.807) is 12.2 Å². The number of aliphatic imine (C=N–C) groups is 1. The Morgan fingerprint density at radius 1 is 1.12 bits per heavy atom. The molecule has 1 unspecified atom stereocenters. The van der Waals surface area contributed by atoms with Crippen LogP contribution in [0.15, 0.2) is 59.4 Å².